The summed E-state index contributed by atoms with van der Waals surface area (Å²) >= 11 is 0. The zero-order chi connectivity index (χ0) is 15.0. The summed E-state index contributed by atoms with van der Waals surface area (Å²) in [5, 5.41) is 3.46. The molecule has 0 spiro atoms. The first-order valence-electron chi connectivity index (χ1n) is 7.90. The van der Waals surface area contributed by atoms with Crippen LogP contribution in [0.25, 0.3) is 0 Å². The van der Waals surface area contributed by atoms with Crippen molar-refractivity contribution in [3.63, 3.8) is 0 Å². The molecule has 2 aliphatic rings. The summed E-state index contributed by atoms with van der Waals surface area (Å²) in [6, 6.07) is 6.73. The van der Waals surface area contributed by atoms with Gasteiger partial charge in [0.2, 0.25) is 5.91 Å². The Morgan fingerprint density at radius 1 is 1.29 bits per heavy atom. The van der Waals surface area contributed by atoms with Crippen LogP contribution in [-0.4, -0.2) is 22.9 Å². The summed E-state index contributed by atoms with van der Waals surface area (Å²) in [7, 11) is 0. The van der Waals surface area contributed by atoms with E-state index in [4.69, 9.17) is 0 Å². The summed E-state index contributed by atoms with van der Waals surface area (Å²) in [6.45, 7) is 4.27. The number of hydrogen-bond donors (Lipinski definition) is 1. The summed E-state index contributed by atoms with van der Waals surface area (Å²) in [6.07, 6.45) is 4.10. The van der Waals surface area contributed by atoms with Gasteiger partial charge in [0.05, 0.1) is 6.04 Å². The number of carbonyl (C=O) groups excluding carboxylic acids is 1. The number of nitrogens with zero attached hydrogens (tertiary/aromatic N) is 1. The zero-order valence-electron chi connectivity index (χ0n) is 12.7. The van der Waals surface area contributed by atoms with Crippen LogP contribution in [0.2, 0.25) is 0 Å². The largest absolute Gasteiger partial charge is 0.319 e. The van der Waals surface area contributed by atoms with Gasteiger partial charge in [0.1, 0.15) is 12.0 Å². The molecule has 2 atom stereocenters. The Bertz CT molecular complexity index is 510. The Hall–Kier alpha value is -1.42. The molecular formula is C17H23FN2O. The predicted octanol–water partition coefficient (Wildman–Crippen LogP) is 3.22. The molecule has 1 amide bonds. The molecule has 1 aromatic carbocycles. The fourth-order valence-corrected chi connectivity index (χ4v) is 3.25. The highest BCUT2D eigenvalue weighted by Crippen LogP contribution is 2.36. The topological polar surface area (TPSA) is 32.3 Å². The second-order valence-electron chi connectivity index (χ2n) is 6.63. The number of rotatable bonds is 4. The minimum atomic E-state index is -0.239. The molecule has 3 nitrogen and oxygen atoms in total. The summed E-state index contributed by atoms with van der Waals surface area (Å²) in [4.78, 5) is 14.7. The van der Waals surface area contributed by atoms with Gasteiger partial charge in [-0.15, -0.1) is 0 Å². The molecule has 1 saturated carbocycles. The molecule has 2 unspecified atom stereocenters. The van der Waals surface area contributed by atoms with Gasteiger partial charge in [-0.1, -0.05) is 26.0 Å². The maximum absolute atomic E-state index is 13.1. The van der Waals surface area contributed by atoms with E-state index < -0.39 is 0 Å². The molecule has 1 aromatic rings. The first-order chi connectivity index (χ1) is 10.1. The van der Waals surface area contributed by atoms with Gasteiger partial charge in [0, 0.05) is 6.04 Å². The van der Waals surface area contributed by atoms with Crippen LogP contribution in [0, 0.1) is 11.7 Å². The third kappa shape index (κ3) is 2.82. The molecule has 1 heterocycles. The highest BCUT2D eigenvalue weighted by atomic mass is 19.1. The van der Waals surface area contributed by atoms with Crippen LogP contribution < -0.4 is 5.32 Å². The number of nitrogens with one attached hydrogen (secondary N) is 1. The number of benzene rings is 1. The fraction of sp³-hybridized carbons (Fsp3) is 0.588. The van der Waals surface area contributed by atoms with Crippen LogP contribution in [0.1, 0.15) is 51.3 Å². The normalized spacial score (nSPS) is 26.5. The van der Waals surface area contributed by atoms with Crippen molar-refractivity contribution in [3.05, 3.63) is 35.6 Å². The SMILES string of the molecule is CC(C)CC1NC(c2ccc(F)cc2)N(C2CCC2)C1=O. The molecular weight excluding hydrogens is 267 g/mol. The second-order valence-corrected chi connectivity index (χ2v) is 6.63. The Morgan fingerprint density at radius 2 is 1.95 bits per heavy atom. The van der Waals surface area contributed by atoms with E-state index in [0.29, 0.717) is 12.0 Å². The molecule has 0 radical (unpaired) electrons. The first kappa shape index (κ1) is 14.5. The lowest BCUT2D eigenvalue weighted by Gasteiger charge is -2.38. The molecule has 0 bridgehead atoms. The molecule has 1 aliphatic heterocycles. The average molecular weight is 290 g/mol. The zero-order valence-corrected chi connectivity index (χ0v) is 12.7. The van der Waals surface area contributed by atoms with Crippen molar-refractivity contribution < 1.29 is 9.18 Å². The van der Waals surface area contributed by atoms with Crippen molar-refractivity contribution in [2.45, 2.75) is 57.8 Å². The van der Waals surface area contributed by atoms with Gasteiger partial charge in [-0.3, -0.25) is 10.1 Å². The van der Waals surface area contributed by atoms with Gasteiger partial charge < -0.3 is 4.90 Å². The lowest BCUT2D eigenvalue weighted by Crippen LogP contribution is -2.44. The molecule has 0 aromatic heterocycles. The average Bonchev–Trinajstić information content (AvgIpc) is 2.67. The molecule has 2 fully saturated rings. The van der Waals surface area contributed by atoms with Crippen molar-refractivity contribution in [1.82, 2.24) is 10.2 Å². The number of hydrogen-bond acceptors (Lipinski definition) is 2. The Kier molecular flexibility index (Phi) is 3.98. The van der Waals surface area contributed by atoms with Crippen molar-refractivity contribution in [1.29, 1.82) is 0 Å². The third-order valence-electron chi connectivity index (χ3n) is 4.55. The van der Waals surface area contributed by atoms with Crippen LogP contribution in [-0.2, 0) is 4.79 Å². The van der Waals surface area contributed by atoms with E-state index in [-0.39, 0.29) is 23.9 Å². The molecule has 1 aliphatic carbocycles. The Labute approximate surface area is 125 Å². The van der Waals surface area contributed by atoms with Crippen molar-refractivity contribution in [2.75, 3.05) is 0 Å². The lowest BCUT2D eigenvalue weighted by atomic mass is 9.90. The maximum atomic E-state index is 13.1. The van der Waals surface area contributed by atoms with Gasteiger partial charge >= 0.3 is 0 Å². The van der Waals surface area contributed by atoms with Crippen LogP contribution in [0.3, 0.4) is 0 Å². The van der Waals surface area contributed by atoms with E-state index in [1.807, 2.05) is 4.90 Å². The highest BCUT2D eigenvalue weighted by molar-refractivity contribution is 5.85. The molecule has 114 valence electrons. The second kappa shape index (κ2) is 5.76. The Morgan fingerprint density at radius 3 is 2.48 bits per heavy atom. The quantitative estimate of drug-likeness (QED) is 0.923. The number of carbonyl (C=O) groups is 1. The third-order valence-corrected chi connectivity index (χ3v) is 4.55. The minimum Gasteiger partial charge on any atom is -0.319 e. The van der Waals surface area contributed by atoms with E-state index >= 15 is 0 Å². The first-order valence-corrected chi connectivity index (χ1v) is 7.90. The molecule has 21 heavy (non-hydrogen) atoms. The molecule has 3 rings (SSSR count). The van der Waals surface area contributed by atoms with Crippen molar-refractivity contribution >= 4 is 5.91 Å². The summed E-state index contributed by atoms with van der Waals surface area (Å²) in [5.41, 5.74) is 0.975. The predicted molar refractivity (Wildman–Crippen MR) is 80.0 cm³/mol. The van der Waals surface area contributed by atoms with Crippen LogP contribution >= 0.6 is 0 Å². The van der Waals surface area contributed by atoms with E-state index in [9.17, 15) is 9.18 Å². The maximum Gasteiger partial charge on any atom is 0.241 e. The van der Waals surface area contributed by atoms with Crippen molar-refractivity contribution in [3.8, 4) is 0 Å². The van der Waals surface area contributed by atoms with Crippen LogP contribution in [0.15, 0.2) is 24.3 Å². The van der Waals surface area contributed by atoms with E-state index in [1.165, 1.54) is 18.6 Å². The van der Waals surface area contributed by atoms with Gasteiger partial charge in [0.15, 0.2) is 0 Å². The van der Waals surface area contributed by atoms with E-state index in [0.717, 1.165) is 24.8 Å². The molecule has 1 N–H and O–H groups in total. The monoisotopic (exact) mass is 290 g/mol. The standard InChI is InChI=1S/C17H23FN2O/c1-11(2)10-15-17(21)20(14-4-3-5-14)16(19-15)12-6-8-13(18)9-7-12/h6-9,11,14-16,19H,3-5,10H2,1-2H3. The summed E-state index contributed by atoms with van der Waals surface area (Å²) < 4.78 is 13.1. The van der Waals surface area contributed by atoms with Crippen molar-refractivity contribution in [2.24, 2.45) is 5.92 Å². The van der Waals surface area contributed by atoms with Gasteiger partial charge in [-0.05, 0) is 49.3 Å². The highest BCUT2D eigenvalue weighted by Gasteiger charge is 2.44. The van der Waals surface area contributed by atoms with Gasteiger partial charge in [0.25, 0.3) is 0 Å². The molecule has 1 saturated heterocycles. The smallest absolute Gasteiger partial charge is 0.241 e. The number of halogens is 1. The van der Waals surface area contributed by atoms with Gasteiger partial charge in [-0.25, -0.2) is 4.39 Å². The van der Waals surface area contributed by atoms with Crippen LogP contribution in [0.5, 0.6) is 0 Å². The van der Waals surface area contributed by atoms with E-state index in [1.54, 1.807) is 12.1 Å². The molecule has 4 heteroatoms. The van der Waals surface area contributed by atoms with E-state index in [2.05, 4.69) is 19.2 Å². The fourth-order valence-electron chi connectivity index (χ4n) is 3.25. The summed E-state index contributed by atoms with van der Waals surface area (Å²) in [5.74, 6) is 0.446. The Balaban J connectivity index is 1.85. The minimum absolute atomic E-state index is 0.104. The van der Waals surface area contributed by atoms with Gasteiger partial charge in [-0.2, -0.15) is 0 Å². The lowest BCUT2D eigenvalue weighted by molar-refractivity contribution is -0.134. The number of amides is 1. The van der Waals surface area contributed by atoms with Crippen LogP contribution in [0.4, 0.5) is 4.39 Å².